The smallest absolute Gasteiger partial charge is 0.359 e. The third kappa shape index (κ3) is 2.63. The molecule has 4 heteroatoms. The molecular weight excluding hydrogens is 234 g/mol. The topological polar surface area (TPSA) is 40.5 Å². The van der Waals surface area contributed by atoms with Gasteiger partial charge in [-0.2, -0.15) is 0 Å². The molecule has 2 N–H and O–H groups in total. The predicted octanol–water partition coefficient (Wildman–Crippen LogP) is 1.45. The summed E-state index contributed by atoms with van der Waals surface area (Å²) in [5, 5.41) is 20.0. The Labute approximate surface area is 106 Å². The first-order valence-electron chi connectivity index (χ1n) is 5.31. The second-order valence-corrected chi connectivity index (χ2v) is 4.41. The molecule has 0 radical (unpaired) electrons. The average molecular weight is 247 g/mol. The van der Waals surface area contributed by atoms with Gasteiger partial charge >= 0.3 is 6.92 Å². The Hall–Kier alpha value is -1.45. The van der Waals surface area contributed by atoms with Crippen LogP contribution in [0.3, 0.4) is 0 Å². The van der Waals surface area contributed by atoms with Gasteiger partial charge in [0.25, 0.3) is 0 Å². The summed E-state index contributed by atoms with van der Waals surface area (Å²) in [5.74, 6) is 0.183. The molecule has 0 amide bonds. The van der Waals surface area contributed by atoms with E-state index in [1.54, 1.807) is 30.3 Å². The van der Waals surface area contributed by atoms with Crippen molar-refractivity contribution in [1.82, 2.24) is 0 Å². The van der Waals surface area contributed by atoms with Crippen molar-refractivity contribution in [3.8, 4) is 5.75 Å². The fraction of sp³-hybridized carbons (Fsp3) is 0.0769. The van der Waals surface area contributed by atoms with Gasteiger partial charge in [0.2, 0.25) is 0 Å². The third-order valence-corrected chi connectivity index (χ3v) is 3.13. The van der Waals surface area contributed by atoms with E-state index in [4.69, 9.17) is 11.6 Å². The summed E-state index contributed by atoms with van der Waals surface area (Å²) in [5.41, 5.74) is 2.45. The quantitative estimate of drug-likeness (QED) is 0.788. The minimum absolute atomic E-state index is 0.183. The Morgan fingerprint density at radius 1 is 1.00 bits per heavy atom. The highest BCUT2D eigenvalue weighted by Gasteiger charge is 2.17. The summed E-state index contributed by atoms with van der Waals surface area (Å²) >= 11 is 6.02. The van der Waals surface area contributed by atoms with Gasteiger partial charge in [-0.05, 0) is 41.6 Å². The van der Waals surface area contributed by atoms with E-state index < -0.39 is 6.92 Å². The first-order chi connectivity index (χ1) is 8.08. The molecule has 0 saturated heterocycles. The molecule has 2 aromatic rings. The Bertz CT molecular complexity index is 525. The Morgan fingerprint density at radius 3 is 2.18 bits per heavy atom. The maximum absolute atomic E-state index is 10.2. The van der Waals surface area contributed by atoms with Gasteiger partial charge in [-0.15, -0.1) is 0 Å². The maximum atomic E-state index is 10.2. The summed E-state index contributed by atoms with van der Waals surface area (Å²) < 4.78 is 0. The largest absolute Gasteiger partial charge is 0.508 e. The second kappa shape index (κ2) is 4.82. The van der Waals surface area contributed by atoms with Crippen LogP contribution in [0.1, 0.15) is 5.56 Å². The van der Waals surface area contributed by atoms with Crippen molar-refractivity contribution >= 4 is 29.4 Å². The molecular formula is C13H12BClO2. The average Bonchev–Trinajstić information content (AvgIpc) is 2.33. The van der Waals surface area contributed by atoms with Crippen molar-refractivity contribution in [2.75, 3.05) is 0 Å². The number of phenolic OH excluding ortho intramolecular Hbond substituents is 1. The highest BCUT2D eigenvalue weighted by Crippen LogP contribution is 2.12. The molecule has 2 aromatic carbocycles. The Balaban J connectivity index is 2.33. The van der Waals surface area contributed by atoms with Crippen molar-refractivity contribution in [3.05, 3.63) is 53.1 Å². The zero-order chi connectivity index (χ0) is 12.4. The van der Waals surface area contributed by atoms with E-state index in [-0.39, 0.29) is 5.75 Å². The number of aryl methyl sites for hydroxylation is 1. The molecule has 0 heterocycles. The molecule has 86 valence electrons. The number of phenols is 1. The van der Waals surface area contributed by atoms with Crippen molar-refractivity contribution in [2.45, 2.75) is 6.92 Å². The van der Waals surface area contributed by atoms with Gasteiger partial charge in [0.1, 0.15) is 5.75 Å². The van der Waals surface area contributed by atoms with Crippen LogP contribution in [0.2, 0.25) is 5.02 Å². The summed E-state index contributed by atoms with van der Waals surface area (Å²) in [4.78, 5) is 0. The van der Waals surface area contributed by atoms with E-state index in [1.807, 2.05) is 19.1 Å². The minimum Gasteiger partial charge on any atom is -0.508 e. The van der Waals surface area contributed by atoms with Crippen LogP contribution >= 0.6 is 11.6 Å². The highest BCUT2D eigenvalue weighted by atomic mass is 35.5. The zero-order valence-corrected chi connectivity index (χ0v) is 10.1. The number of benzene rings is 2. The molecule has 0 aromatic heterocycles. The fourth-order valence-electron chi connectivity index (χ4n) is 1.63. The highest BCUT2D eigenvalue weighted by molar-refractivity contribution is 6.79. The van der Waals surface area contributed by atoms with Crippen LogP contribution in [0, 0.1) is 6.92 Å². The molecule has 0 aliphatic heterocycles. The molecule has 2 nitrogen and oxygen atoms in total. The lowest BCUT2D eigenvalue weighted by Crippen LogP contribution is -2.42. The maximum Gasteiger partial charge on any atom is 0.359 e. The van der Waals surface area contributed by atoms with E-state index in [1.165, 1.54) is 0 Å². The van der Waals surface area contributed by atoms with Crippen molar-refractivity contribution in [3.63, 3.8) is 0 Å². The molecule has 0 saturated carbocycles. The standard InChI is InChI=1S/C13H12BClO2/c1-9-2-3-11(8-13(9)15)14(17)10-4-6-12(16)7-5-10/h2-8,16-17H,1H3. The number of rotatable bonds is 2. The third-order valence-electron chi connectivity index (χ3n) is 2.72. The van der Waals surface area contributed by atoms with E-state index in [9.17, 15) is 10.1 Å². The van der Waals surface area contributed by atoms with Gasteiger partial charge in [0.15, 0.2) is 0 Å². The van der Waals surface area contributed by atoms with Gasteiger partial charge in [0.05, 0.1) is 0 Å². The molecule has 0 bridgehead atoms. The Morgan fingerprint density at radius 2 is 1.59 bits per heavy atom. The van der Waals surface area contributed by atoms with Gasteiger partial charge < -0.3 is 10.1 Å². The SMILES string of the molecule is Cc1ccc(B(O)c2ccc(O)cc2)cc1Cl. The number of hydrogen-bond acceptors (Lipinski definition) is 2. The molecule has 0 spiro atoms. The lowest BCUT2D eigenvalue weighted by molar-refractivity contribution is 0.475. The molecule has 17 heavy (non-hydrogen) atoms. The number of halogens is 1. The van der Waals surface area contributed by atoms with Gasteiger partial charge in [-0.3, -0.25) is 0 Å². The van der Waals surface area contributed by atoms with Crippen LogP contribution in [-0.4, -0.2) is 17.0 Å². The molecule has 0 atom stereocenters. The normalized spacial score (nSPS) is 10.3. The van der Waals surface area contributed by atoms with Crippen LogP contribution in [0.4, 0.5) is 0 Å². The van der Waals surface area contributed by atoms with Crippen LogP contribution < -0.4 is 10.9 Å². The summed E-state index contributed by atoms with van der Waals surface area (Å²) in [6.07, 6.45) is 0. The first-order valence-corrected chi connectivity index (χ1v) is 5.69. The van der Waals surface area contributed by atoms with Gasteiger partial charge in [-0.1, -0.05) is 35.9 Å². The van der Waals surface area contributed by atoms with E-state index in [0.717, 1.165) is 16.5 Å². The molecule has 0 aliphatic carbocycles. The number of aromatic hydroxyl groups is 1. The predicted molar refractivity (Wildman–Crippen MR) is 71.5 cm³/mol. The fourth-order valence-corrected chi connectivity index (χ4v) is 1.82. The van der Waals surface area contributed by atoms with Crippen molar-refractivity contribution in [1.29, 1.82) is 0 Å². The zero-order valence-electron chi connectivity index (χ0n) is 9.39. The molecule has 0 unspecified atom stereocenters. The summed E-state index contributed by atoms with van der Waals surface area (Å²) in [6, 6.07) is 12.0. The summed E-state index contributed by atoms with van der Waals surface area (Å²) in [7, 11) is 0. The monoisotopic (exact) mass is 246 g/mol. The first kappa shape index (κ1) is 12.0. The lowest BCUT2D eigenvalue weighted by Gasteiger charge is -2.09. The van der Waals surface area contributed by atoms with Gasteiger partial charge in [-0.25, -0.2) is 0 Å². The van der Waals surface area contributed by atoms with E-state index in [2.05, 4.69) is 0 Å². The van der Waals surface area contributed by atoms with Gasteiger partial charge in [0, 0.05) is 5.02 Å². The lowest BCUT2D eigenvalue weighted by atomic mass is 9.56. The summed E-state index contributed by atoms with van der Waals surface area (Å²) in [6.45, 7) is 1.19. The van der Waals surface area contributed by atoms with Crippen LogP contribution in [0.5, 0.6) is 5.75 Å². The van der Waals surface area contributed by atoms with Crippen LogP contribution in [0.15, 0.2) is 42.5 Å². The van der Waals surface area contributed by atoms with E-state index >= 15 is 0 Å². The van der Waals surface area contributed by atoms with Crippen LogP contribution in [-0.2, 0) is 0 Å². The van der Waals surface area contributed by atoms with Crippen LogP contribution in [0.25, 0.3) is 0 Å². The van der Waals surface area contributed by atoms with E-state index in [0.29, 0.717) is 5.02 Å². The Kier molecular flexibility index (Phi) is 3.41. The molecule has 0 aliphatic rings. The molecule has 2 rings (SSSR count). The second-order valence-electron chi connectivity index (χ2n) is 4.00. The molecule has 0 fully saturated rings. The van der Waals surface area contributed by atoms with Crippen molar-refractivity contribution in [2.24, 2.45) is 0 Å². The van der Waals surface area contributed by atoms with Crippen molar-refractivity contribution < 1.29 is 10.1 Å². The minimum atomic E-state index is -0.728. The number of hydrogen-bond donors (Lipinski definition) is 2.